The lowest BCUT2D eigenvalue weighted by molar-refractivity contribution is 0.112. The van der Waals surface area contributed by atoms with E-state index in [0.29, 0.717) is 5.56 Å². The first kappa shape index (κ1) is 29.4. The van der Waals surface area contributed by atoms with Crippen LogP contribution in [0.4, 0.5) is 11.4 Å². The summed E-state index contributed by atoms with van der Waals surface area (Å²) in [6.45, 7) is 6.84. The molecule has 0 saturated carbocycles. The van der Waals surface area contributed by atoms with E-state index >= 15 is 0 Å². The van der Waals surface area contributed by atoms with E-state index in [0.717, 1.165) is 54.1 Å². The van der Waals surface area contributed by atoms with Crippen LogP contribution in [0.1, 0.15) is 23.2 Å². The van der Waals surface area contributed by atoms with Crippen LogP contribution < -0.4 is 15.4 Å². The van der Waals surface area contributed by atoms with Crippen LogP contribution in [-0.4, -0.2) is 41.9 Å². The lowest BCUT2D eigenvalue weighted by Gasteiger charge is -2.27. The smallest absolute Gasteiger partial charge is 0.150 e. The molecule has 0 aliphatic carbocycles. The Morgan fingerprint density at radius 1 is 0.973 bits per heavy atom. The zero-order valence-corrected chi connectivity index (χ0v) is 22.4. The molecule has 1 saturated heterocycles. The van der Waals surface area contributed by atoms with Crippen LogP contribution in [0.15, 0.2) is 98.2 Å². The van der Waals surface area contributed by atoms with Gasteiger partial charge in [-0.05, 0) is 67.7 Å². The molecule has 6 nitrogen and oxygen atoms in total. The number of fused-ring (bicyclic) bond motifs is 1. The van der Waals surface area contributed by atoms with E-state index in [1.54, 1.807) is 12.1 Å². The third kappa shape index (κ3) is 8.10. The molecule has 1 aromatic heterocycles. The Morgan fingerprint density at radius 2 is 1.70 bits per heavy atom. The van der Waals surface area contributed by atoms with Gasteiger partial charge in [-0.2, -0.15) is 0 Å². The predicted octanol–water partition coefficient (Wildman–Crippen LogP) is 6.08. The van der Waals surface area contributed by atoms with Gasteiger partial charge in [0.2, 0.25) is 0 Å². The topological polar surface area (TPSA) is 88.3 Å². The van der Waals surface area contributed by atoms with Crippen LogP contribution >= 0.6 is 0 Å². The summed E-state index contributed by atoms with van der Waals surface area (Å²) < 4.78 is 13.6. The quantitative estimate of drug-likeness (QED) is 0.253. The summed E-state index contributed by atoms with van der Waals surface area (Å²) in [6, 6.07) is 25.9. The van der Waals surface area contributed by atoms with Crippen molar-refractivity contribution in [2.75, 3.05) is 36.0 Å². The lowest BCUT2D eigenvalue weighted by atomic mass is 10.0. The molecular weight excluding hydrogens is 480 g/mol. The Balaban J connectivity index is 0.000000233. The Bertz CT molecular complexity index is 1270. The van der Waals surface area contributed by atoms with Crippen LogP contribution in [0.2, 0.25) is 0 Å². The molecule has 1 fully saturated rings. The van der Waals surface area contributed by atoms with Gasteiger partial charge in [0.25, 0.3) is 0 Å². The van der Waals surface area contributed by atoms with E-state index in [4.69, 9.17) is 0 Å². The van der Waals surface area contributed by atoms with Crippen molar-refractivity contribution in [1.82, 2.24) is 4.98 Å². The van der Waals surface area contributed by atoms with Crippen molar-refractivity contribution in [1.29, 1.82) is 0 Å². The SMILES string of the molecule is C=C.CN.CNc1cccc(-c2nccc3ccccc23)c1.O=Cc1ccc(N2CCCCS2=O)cc1. The molecule has 3 N–H and O–H groups in total. The fourth-order valence-electron chi connectivity index (χ4n) is 3.83. The number of aromatic nitrogens is 1. The van der Waals surface area contributed by atoms with E-state index < -0.39 is 11.0 Å². The number of nitrogens with two attached hydrogens (primary N) is 1. The first-order chi connectivity index (χ1) is 18.2. The number of hydrogen-bond acceptors (Lipinski definition) is 5. The van der Waals surface area contributed by atoms with E-state index in [1.165, 1.54) is 17.8 Å². The number of anilines is 2. The lowest BCUT2D eigenvalue weighted by Crippen LogP contribution is -2.32. The molecule has 1 unspecified atom stereocenters. The van der Waals surface area contributed by atoms with Gasteiger partial charge in [0, 0.05) is 53.4 Å². The third-order valence-electron chi connectivity index (χ3n) is 5.59. The molecule has 1 aliphatic heterocycles. The van der Waals surface area contributed by atoms with Gasteiger partial charge < -0.3 is 11.1 Å². The van der Waals surface area contributed by atoms with Gasteiger partial charge in [-0.15, -0.1) is 13.2 Å². The molecule has 37 heavy (non-hydrogen) atoms. The molecule has 194 valence electrons. The van der Waals surface area contributed by atoms with E-state index in [2.05, 4.69) is 71.7 Å². The highest BCUT2D eigenvalue weighted by Crippen LogP contribution is 2.27. The zero-order chi connectivity index (χ0) is 27.0. The molecule has 0 amide bonds. The van der Waals surface area contributed by atoms with E-state index in [-0.39, 0.29) is 0 Å². The molecule has 0 radical (unpaired) electrons. The molecule has 0 spiro atoms. The van der Waals surface area contributed by atoms with Gasteiger partial charge in [0.05, 0.1) is 5.69 Å². The summed E-state index contributed by atoms with van der Waals surface area (Å²) in [7, 11) is 2.53. The van der Waals surface area contributed by atoms with Gasteiger partial charge in [0.1, 0.15) is 17.3 Å². The Morgan fingerprint density at radius 3 is 2.38 bits per heavy atom. The minimum absolute atomic E-state index is 0.654. The fourth-order valence-corrected chi connectivity index (χ4v) is 5.19. The number of carbonyl (C=O) groups is 1. The molecular formula is C30H36N4O2S. The first-order valence-electron chi connectivity index (χ1n) is 12.1. The van der Waals surface area contributed by atoms with Crippen molar-refractivity contribution in [2.24, 2.45) is 5.73 Å². The van der Waals surface area contributed by atoms with Gasteiger partial charge in [-0.3, -0.25) is 14.1 Å². The standard InChI is InChI=1S/C16H14N2.C11H13NO2S.C2H4.CH5N/c1-17-14-7-4-6-13(11-14)16-15-8-3-2-5-12(15)9-10-18-16;13-9-10-3-5-11(6-4-10)12-7-1-2-8-15(12)14;2*1-2/h2-11,17H,1H3;3-6,9H,1-2,7-8H2;1-2H2;2H2,1H3. The molecule has 1 aliphatic rings. The van der Waals surface area contributed by atoms with Gasteiger partial charge >= 0.3 is 0 Å². The van der Waals surface area contributed by atoms with Crippen LogP contribution in [0.5, 0.6) is 0 Å². The van der Waals surface area contributed by atoms with Gasteiger partial charge in [0.15, 0.2) is 0 Å². The highest BCUT2D eigenvalue weighted by molar-refractivity contribution is 7.86. The highest BCUT2D eigenvalue weighted by atomic mass is 32.2. The van der Waals surface area contributed by atoms with Crippen LogP contribution in [0, 0.1) is 0 Å². The zero-order valence-electron chi connectivity index (χ0n) is 21.6. The first-order valence-corrected chi connectivity index (χ1v) is 13.4. The fraction of sp³-hybridized carbons (Fsp3) is 0.200. The monoisotopic (exact) mass is 516 g/mol. The number of pyridine rings is 1. The van der Waals surface area contributed by atoms with Crippen molar-refractivity contribution < 1.29 is 9.00 Å². The van der Waals surface area contributed by atoms with Crippen molar-refractivity contribution >= 4 is 39.4 Å². The maximum atomic E-state index is 11.7. The average Bonchev–Trinajstić information content (AvgIpc) is 2.99. The number of aldehydes is 1. The summed E-state index contributed by atoms with van der Waals surface area (Å²) >= 11 is 0. The second-order valence-corrected chi connectivity index (χ2v) is 9.25. The minimum atomic E-state index is -0.893. The highest BCUT2D eigenvalue weighted by Gasteiger charge is 2.17. The van der Waals surface area contributed by atoms with Crippen molar-refractivity contribution in [3.05, 3.63) is 104 Å². The molecule has 3 aromatic carbocycles. The van der Waals surface area contributed by atoms with Crippen molar-refractivity contribution in [3.8, 4) is 11.3 Å². The molecule has 4 aromatic rings. The van der Waals surface area contributed by atoms with E-state index in [1.807, 2.05) is 41.8 Å². The Kier molecular flexibility index (Phi) is 12.8. The number of benzene rings is 3. The largest absolute Gasteiger partial charge is 0.388 e. The predicted molar refractivity (Wildman–Crippen MR) is 160 cm³/mol. The number of rotatable bonds is 4. The summed E-state index contributed by atoms with van der Waals surface area (Å²) in [4.78, 5) is 15.0. The number of carbonyl (C=O) groups excluding carboxylic acids is 1. The molecule has 5 rings (SSSR count). The summed E-state index contributed by atoms with van der Waals surface area (Å²) in [5, 5.41) is 5.57. The average molecular weight is 517 g/mol. The van der Waals surface area contributed by atoms with Crippen LogP contribution in [0.3, 0.4) is 0 Å². The van der Waals surface area contributed by atoms with Crippen LogP contribution in [-0.2, 0) is 11.0 Å². The number of hydrogen-bond donors (Lipinski definition) is 2. The second kappa shape index (κ2) is 16.0. The molecule has 0 bridgehead atoms. The molecule has 1 atom stereocenters. The minimum Gasteiger partial charge on any atom is -0.388 e. The number of nitrogens with one attached hydrogen (secondary N) is 1. The normalized spacial score (nSPS) is 14.0. The molecule has 2 heterocycles. The Labute approximate surface area is 222 Å². The van der Waals surface area contributed by atoms with Gasteiger partial charge in [-0.25, -0.2) is 4.21 Å². The van der Waals surface area contributed by atoms with Gasteiger partial charge in [-0.1, -0.05) is 36.4 Å². The van der Waals surface area contributed by atoms with Crippen LogP contribution in [0.25, 0.3) is 22.0 Å². The van der Waals surface area contributed by atoms with Crippen molar-refractivity contribution in [2.45, 2.75) is 12.8 Å². The van der Waals surface area contributed by atoms with E-state index in [9.17, 15) is 9.00 Å². The van der Waals surface area contributed by atoms with Crippen molar-refractivity contribution in [3.63, 3.8) is 0 Å². The summed E-state index contributed by atoms with van der Waals surface area (Å²) in [6.07, 6.45) is 4.80. The number of nitrogens with zero attached hydrogens (tertiary/aromatic N) is 2. The maximum absolute atomic E-state index is 11.7. The summed E-state index contributed by atoms with van der Waals surface area (Å²) in [5.41, 5.74) is 9.37. The Hall–Kier alpha value is -3.81. The molecule has 7 heteroatoms. The second-order valence-electron chi connectivity index (χ2n) is 7.76. The maximum Gasteiger partial charge on any atom is 0.150 e. The third-order valence-corrected chi connectivity index (χ3v) is 7.11. The summed E-state index contributed by atoms with van der Waals surface area (Å²) in [5.74, 6) is 0.745.